The third kappa shape index (κ3) is 5.17. The van der Waals surface area contributed by atoms with Crippen LogP contribution < -0.4 is 4.90 Å². The van der Waals surface area contributed by atoms with Gasteiger partial charge in [0.05, 0.1) is 33.7 Å². The number of furan rings is 1. The van der Waals surface area contributed by atoms with Crippen LogP contribution in [0.3, 0.4) is 0 Å². The van der Waals surface area contributed by atoms with E-state index in [2.05, 4.69) is 0 Å². The van der Waals surface area contributed by atoms with Crippen LogP contribution in [0.25, 0.3) is 10.2 Å². The van der Waals surface area contributed by atoms with E-state index in [0.717, 1.165) is 26.9 Å². The predicted molar refractivity (Wildman–Crippen MR) is 131 cm³/mol. The first-order chi connectivity index (χ1) is 15.7. The molecule has 4 rings (SSSR count). The molecule has 0 saturated carbocycles. The van der Waals surface area contributed by atoms with Crippen LogP contribution in [0.5, 0.6) is 0 Å². The van der Waals surface area contributed by atoms with Gasteiger partial charge in [-0.15, -0.1) is 0 Å². The monoisotopic (exact) mass is 482 g/mol. The molecule has 4 aromatic rings. The molecule has 2 aromatic heterocycles. The number of carbonyl (C=O) groups is 1. The highest BCUT2D eigenvalue weighted by Gasteiger charge is 2.23. The maximum atomic E-state index is 13.2. The second kappa shape index (κ2) is 9.49. The molecule has 0 fully saturated rings. The predicted octanol–water partition coefficient (Wildman–Crippen LogP) is 5.60. The number of nitrogens with zero attached hydrogens (tertiary/aromatic N) is 2. The Labute approximate surface area is 197 Å². The quantitative estimate of drug-likeness (QED) is 0.326. The Hall–Kier alpha value is -2.97. The minimum Gasteiger partial charge on any atom is -0.467 e. The lowest BCUT2D eigenvalue weighted by atomic mass is 10.1. The molecule has 8 heteroatoms. The van der Waals surface area contributed by atoms with Gasteiger partial charge < -0.3 is 4.42 Å². The molecule has 0 unspecified atom stereocenters. The van der Waals surface area contributed by atoms with E-state index >= 15 is 0 Å². The van der Waals surface area contributed by atoms with Crippen LogP contribution >= 0.6 is 11.3 Å². The van der Waals surface area contributed by atoms with Crippen LogP contribution in [-0.2, 0) is 21.2 Å². The zero-order valence-corrected chi connectivity index (χ0v) is 20.5. The average molecular weight is 483 g/mol. The number of hydrogen-bond acceptors (Lipinski definition) is 6. The van der Waals surface area contributed by atoms with Gasteiger partial charge in [0.25, 0.3) is 0 Å². The first-order valence-corrected chi connectivity index (χ1v) is 13.2. The van der Waals surface area contributed by atoms with Crippen molar-refractivity contribution in [2.45, 2.75) is 45.1 Å². The van der Waals surface area contributed by atoms with Gasteiger partial charge in [-0.3, -0.25) is 9.69 Å². The van der Waals surface area contributed by atoms with Crippen molar-refractivity contribution in [1.29, 1.82) is 0 Å². The molecule has 0 aliphatic carbocycles. The summed E-state index contributed by atoms with van der Waals surface area (Å²) in [6.07, 6.45) is 1.89. The number of sulfone groups is 1. The van der Waals surface area contributed by atoms with Gasteiger partial charge in [-0.25, -0.2) is 13.4 Å². The molecule has 33 heavy (non-hydrogen) atoms. The normalized spacial score (nSPS) is 11.7. The van der Waals surface area contributed by atoms with E-state index < -0.39 is 9.84 Å². The molecule has 0 spiro atoms. The van der Waals surface area contributed by atoms with Gasteiger partial charge in [0.1, 0.15) is 5.76 Å². The van der Waals surface area contributed by atoms with Crippen molar-refractivity contribution < 1.29 is 17.6 Å². The summed E-state index contributed by atoms with van der Waals surface area (Å²) >= 11 is 1.45. The van der Waals surface area contributed by atoms with E-state index in [1.807, 2.05) is 39.0 Å². The van der Waals surface area contributed by atoms with Gasteiger partial charge in [0.2, 0.25) is 5.91 Å². The highest BCUT2D eigenvalue weighted by Crippen LogP contribution is 2.33. The summed E-state index contributed by atoms with van der Waals surface area (Å²) in [4.78, 5) is 19.8. The number of aromatic nitrogens is 1. The molecule has 0 aliphatic heterocycles. The lowest BCUT2D eigenvalue weighted by molar-refractivity contribution is -0.118. The lowest BCUT2D eigenvalue weighted by Crippen LogP contribution is -2.30. The fourth-order valence-electron chi connectivity index (χ4n) is 3.56. The van der Waals surface area contributed by atoms with Crippen molar-refractivity contribution in [2.75, 3.05) is 10.7 Å². The van der Waals surface area contributed by atoms with Gasteiger partial charge in [0, 0.05) is 6.42 Å². The van der Waals surface area contributed by atoms with Crippen molar-refractivity contribution in [2.24, 2.45) is 0 Å². The topological polar surface area (TPSA) is 80.5 Å². The van der Waals surface area contributed by atoms with E-state index in [4.69, 9.17) is 9.40 Å². The Morgan fingerprint density at radius 3 is 2.52 bits per heavy atom. The number of thiazole rings is 1. The molecule has 2 heterocycles. The van der Waals surface area contributed by atoms with Crippen LogP contribution in [0, 0.1) is 20.8 Å². The van der Waals surface area contributed by atoms with Crippen LogP contribution in [0.4, 0.5) is 5.13 Å². The van der Waals surface area contributed by atoms with Crippen LogP contribution in [0.15, 0.2) is 64.1 Å². The summed E-state index contributed by atoms with van der Waals surface area (Å²) in [5.74, 6) is 0.371. The molecule has 0 bridgehead atoms. The largest absolute Gasteiger partial charge is 0.467 e. The van der Waals surface area contributed by atoms with Crippen LogP contribution in [0.2, 0.25) is 0 Å². The Balaban J connectivity index is 1.53. The van der Waals surface area contributed by atoms with Gasteiger partial charge in [0.15, 0.2) is 15.0 Å². The second-order valence-electron chi connectivity index (χ2n) is 8.15. The summed E-state index contributed by atoms with van der Waals surface area (Å²) < 4.78 is 31.8. The van der Waals surface area contributed by atoms with Crippen LogP contribution in [-0.4, -0.2) is 25.1 Å². The minimum atomic E-state index is -3.45. The smallest absolute Gasteiger partial charge is 0.229 e. The molecule has 0 N–H and O–H groups in total. The second-order valence-corrected chi connectivity index (χ2v) is 11.3. The Morgan fingerprint density at radius 2 is 1.82 bits per heavy atom. The number of aryl methyl sites for hydroxylation is 3. The standard InChI is InChI=1S/C25H26N2O4S2/c1-17-8-11-21(12-9-17)33(29,30)15-5-7-23(28)27(16-20-6-4-14-31-20)25-26-24-19(3)18(2)10-13-22(24)32-25/h4,6,8-14H,5,7,15-16H2,1-3H3. The number of amides is 1. The lowest BCUT2D eigenvalue weighted by Gasteiger charge is -2.18. The molecule has 2 aromatic carbocycles. The molecule has 172 valence electrons. The Bertz CT molecular complexity index is 1370. The zero-order chi connectivity index (χ0) is 23.6. The first-order valence-electron chi connectivity index (χ1n) is 10.7. The third-order valence-corrected chi connectivity index (χ3v) is 8.54. The van der Waals surface area contributed by atoms with Crippen molar-refractivity contribution in [3.8, 4) is 0 Å². The van der Waals surface area contributed by atoms with Crippen molar-refractivity contribution in [1.82, 2.24) is 4.98 Å². The van der Waals surface area contributed by atoms with E-state index in [1.165, 1.54) is 11.3 Å². The number of hydrogen-bond donors (Lipinski definition) is 0. The fraction of sp³-hybridized carbons (Fsp3) is 0.280. The number of carbonyl (C=O) groups excluding carboxylic acids is 1. The average Bonchev–Trinajstić information content (AvgIpc) is 3.45. The number of benzene rings is 2. The molecule has 6 nitrogen and oxygen atoms in total. The van der Waals surface area contributed by atoms with Crippen molar-refractivity contribution in [3.63, 3.8) is 0 Å². The van der Waals surface area contributed by atoms with Gasteiger partial charge in [-0.2, -0.15) is 0 Å². The Morgan fingerprint density at radius 1 is 1.06 bits per heavy atom. The summed E-state index contributed by atoms with van der Waals surface area (Å²) in [6.45, 7) is 6.21. The summed E-state index contributed by atoms with van der Waals surface area (Å²) in [7, 11) is -3.45. The van der Waals surface area contributed by atoms with Gasteiger partial charge in [-0.05, 0) is 68.7 Å². The summed E-state index contributed by atoms with van der Waals surface area (Å²) in [5, 5.41) is 0.585. The zero-order valence-electron chi connectivity index (χ0n) is 18.9. The Kier molecular flexibility index (Phi) is 6.67. The van der Waals surface area contributed by atoms with E-state index in [1.54, 1.807) is 41.5 Å². The van der Waals surface area contributed by atoms with E-state index in [9.17, 15) is 13.2 Å². The maximum Gasteiger partial charge on any atom is 0.229 e. The van der Waals surface area contributed by atoms with Gasteiger partial charge >= 0.3 is 0 Å². The van der Waals surface area contributed by atoms with Gasteiger partial charge in [-0.1, -0.05) is 35.1 Å². The molecule has 0 saturated heterocycles. The maximum absolute atomic E-state index is 13.2. The molecule has 0 aliphatic rings. The number of fused-ring (bicyclic) bond motifs is 1. The summed E-state index contributed by atoms with van der Waals surface area (Å²) in [5.41, 5.74) is 4.11. The molecule has 0 radical (unpaired) electrons. The first kappa shape index (κ1) is 23.2. The number of rotatable bonds is 8. The van der Waals surface area contributed by atoms with Crippen LogP contribution in [0.1, 0.15) is 35.3 Å². The van der Waals surface area contributed by atoms with Crippen molar-refractivity contribution in [3.05, 3.63) is 77.2 Å². The molecule has 0 atom stereocenters. The van der Waals surface area contributed by atoms with E-state index in [0.29, 0.717) is 10.9 Å². The SMILES string of the molecule is Cc1ccc(S(=O)(=O)CCCC(=O)N(Cc2ccco2)c2nc3c(C)c(C)ccc3s2)cc1. The molecule has 1 amide bonds. The highest BCUT2D eigenvalue weighted by molar-refractivity contribution is 7.91. The highest BCUT2D eigenvalue weighted by atomic mass is 32.2. The fourth-order valence-corrected chi connectivity index (χ4v) is 5.91. The molecular weight excluding hydrogens is 456 g/mol. The minimum absolute atomic E-state index is 0.0887. The molecular formula is C25H26N2O4S2. The van der Waals surface area contributed by atoms with Crippen molar-refractivity contribution >= 4 is 42.4 Å². The number of anilines is 1. The van der Waals surface area contributed by atoms with E-state index in [-0.39, 0.29) is 35.9 Å². The third-order valence-electron chi connectivity index (χ3n) is 5.68. The summed E-state index contributed by atoms with van der Waals surface area (Å²) in [6, 6.07) is 14.4.